The molecule has 0 saturated carbocycles. The third-order valence-electron chi connectivity index (χ3n) is 8.08. The van der Waals surface area contributed by atoms with E-state index in [0.29, 0.717) is 0 Å². The van der Waals surface area contributed by atoms with E-state index in [1.165, 1.54) is 6.07 Å². The normalized spacial score (nSPS) is 22.2. The van der Waals surface area contributed by atoms with Gasteiger partial charge in [-0.2, -0.15) is 4.98 Å². The van der Waals surface area contributed by atoms with Crippen LogP contribution in [0.15, 0.2) is 28.7 Å². The van der Waals surface area contributed by atoms with Gasteiger partial charge in [-0.3, -0.25) is 4.90 Å². The van der Waals surface area contributed by atoms with E-state index in [2.05, 4.69) is 62.3 Å². The standard InChI is InChI=1S/C30H47F2N9O3/c1-27(2)14-19(15-30(7)10-9-11-41(27)30)40(17-28(3,4)42)25-21(32)16-34-26(36-25)35-22-13-23(37-39-38-33-8)24(12-20(22)31)44-18-29(5,6)43/h12-13,16,19,42-43H,9-11,14-15,17-18H2,1-8H3,(H,33,39)(H,37,38)(H,34,35,36)/t19?,30-/m0/s1. The average Bonchev–Trinajstić information content (AvgIpc) is 3.30. The summed E-state index contributed by atoms with van der Waals surface area (Å²) in [5, 5.41) is 31.6. The van der Waals surface area contributed by atoms with Crippen molar-refractivity contribution in [3.8, 4) is 5.75 Å². The zero-order valence-corrected chi connectivity index (χ0v) is 27.0. The fourth-order valence-electron chi connectivity index (χ4n) is 6.51. The molecule has 1 aromatic heterocycles. The average molecular weight is 620 g/mol. The molecule has 0 amide bonds. The highest BCUT2D eigenvalue weighted by molar-refractivity contribution is 5.66. The van der Waals surface area contributed by atoms with Crippen molar-refractivity contribution in [1.29, 1.82) is 0 Å². The lowest BCUT2D eigenvalue weighted by Crippen LogP contribution is -2.63. The van der Waals surface area contributed by atoms with Crippen LogP contribution in [0.3, 0.4) is 0 Å². The Kier molecular flexibility index (Phi) is 9.69. The van der Waals surface area contributed by atoms with E-state index in [0.717, 1.165) is 44.5 Å². The molecule has 0 bridgehead atoms. The molecule has 1 aromatic carbocycles. The number of hydrazine groups is 1. The number of nitrogens with one attached hydrogen (secondary N) is 3. The number of hydrogen-bond acceptors (Lipinski definition) is 11. The molecule has 4 rings (SSSR count). The van der Waals surface area contributed by atoms with Crippen LogP contribution in [0.2, 0.25) is 0 Å². The minimum absolute atomic E-state index is 0.0316. The Balaban J connectivity index is 1.69. The number of halogens is 2. The second-order valence-electron chi connectivity index (χ2n) is 14.0. The van der Waals surface area contributed by atoms with Crippen LogP contribution >= 0.6 is 0 Å². The van der Waals surface area contributed by atoms with Crippen molar-refractivity contribution in [2.45, 2.75) is 102 Å². The Labute approximate surface area is 258 Å². The smallest absolute Gasteiger partial charge is 0.229 e. The summed E-state index contributed by atoms with van der Waals surface area (Å²) in [5.41, 5.74) is 2.69. The number of fused-ring (bicyclic) bond motifs is 1. The van der Waals surface area contributed by atoms with Crippen LogP contribution in [0.4, 0.5) is 31.9 Å². The molecule has 2 aromatic rings. The van der Waals surface area contributed by atoms with Crippen molar-refractivity contribution < 1.29 is 23.7 Å². The zero-order valence-electron chi connectivity index (χ0n) is 27.0. The van der Waals surface area contributed by atoms with Gasteiger partial charge >= 0.3 is 0 Å². The summed E-state index contributed by atoms with van der Waals surface area (Å²) >= 11 is 0. The molecule has 1 unspecified atom stereocenters. The Morgan fingerprint density at radius 2 is 1.84 bits per heavy atom. The second kappa shape index (κ2) is 12.7. The number of rotatable bonds is 12. The number of aliphatic hydroxyl groups is 2. The van der Waals surface area contributed by atoms with Gasteiger partial charge < -0.3 is 25.2 Å². The van der Waals surface area contributed by atoms with Crippen molar-refractivity contribution in [1.82, 2.24) is 25.8 Å². The summed E-state index contributed by atoms with van der Waals surface area (Å²) in [4.78, 5) is 13.0. The number of anilines is 3. The lowest BCUT2D eigenvalue weighted by molar-refractivity contribution is -0.0170. The molecule has 44 heavy (non-hydrogen) atoms. The molecule has 0 spiro atoms. The highest BCUT2D eigenvalue weighted by Crippen LogP contribution is 2.47. The predicted octanol–water partition coefficient (Wildman–Crippen LogP) is 4.74. The van der Waals surface area contributed by atoms with E-state index in [1.807, 2.05) is 4.90 Å². The van der Waals surface area contributed by atoms with E-state index < -0.39 is 22.8 Å². The summed E-state index contributed by atoms with van der Waals surface area (Å²) in [6, 6.07) is 2.37. The van der Waals surface area contributed by atoms with Crippen molar-refractivity contribution in [2.24, 2.45) is 10.3 Å². The highest BCUT2D eigenvalue weighted by atomic mass is 19.1. The number of hydrogen-bond donors (Lipinski definition) is 5. The first-order valence-electron chi connectivity index (χ1n) is 15.0. The fourth-order valence-corrected chi connectivity index (χ4v) is 6.51. The first-order valence-corrected chi connectivity index (χ1v) is 15.0. The maximum absolute atomic E-state index is 15.6. The molecule has 5 N–H and O–H groups in total. The van der Waals surface area contributed by atoms with Crippen LogP contribution in [-0.2, 0) is 0 Å². The number of piperidine rings is 1. The van der Waals surface area contributed by atoms with Gasteiger partial charge in [-0.25, -0.2) is 24.7 Å². The summed E-state index contributed by atoms with van der Waals surface area (Å²) in [5.74, 6) is -1.29. The molecule has 0 aliphatic carbocycles. The fraction of sp³-hybridized carbons (Fsp3) is 0.667. The van der Waals surface area contributed by atoms with Gasteiger partial charge in [0, 0.05) is 36.8 Å². The van der Waals surface area contributed by atoms with Gasteiger partial charge in [-0.1, -0.05) is 5.22 Å². The quantitative estimate of drug-likeness (QED) is 0.167. The molecule has 2 saturated heterocycles. The lowest BCUT2D eigenvalue weighted by atomic mass is 9.76. The number of aromatic nitrogens is 2. The van der Waals surface area contributed by atoms with E-state index in [9.17, 15) is 10.2 Å². The van der Waals surface area contributed by atoms with Gasteiger partial charge in [0.1, 0.15) is 18.0 Å². The van der Waals surface area contributed by atoms with Crippen molar-refractivity contribution in [3.05, 3.63) is 30.0 Å². The Morgan fingerprint density at radius 3 is 2.50 bits per heavy atom. The van der Waals surface area contributed by atoms with Crippen LogP contribution in [0.1, 0.15) is 74.1 Å². The topological polar surface area (TPSA) is 143 Å². The zero-order chi connectivity index (χ0) is 32.5. The summed E-state index contributed by atoms with van der Waals surface area (Å²) < 4.78 is 36.5. The van der Waals surface area contributed by atoms with Crippen LogP contribution in [-0.4, -0.2) is 80.1 Å². The van der Waals surface area contributed by atoms with Crippen LogP contribution in [0.25, 0.3) is 0 Å². The summed E-state index contributed by atoms with van der Waals surface area (Å²) in [7, 11) is 1.60. The molecule has 244 valence electrons. The number of nitrogens with zero attached hydrogens (tertiary/aromatic N) is 6. The molecule has 0 radical (unpaired) electrons. The lowest BCUT2D eigenvalue weighted by Gasteiger charge is -2.56. The minimum atomic E-state index is -1.17. The SMILES string of the molecule is CNNN=Nc1cc(Nc2ncc(F)c(N(CC(C)(C)O)C3CC(C)(C)N4CCC[C@@]4(C)C3)n2)c(F)cc1OCC(C)(C)O. The molecule has 3 heterocycles. The summed E-state index contributed by atoms with van der Waals surface area (Å²) in [6.45, 7) is 14.2. The van der Waals surface area contributed by atoms with Crippen LogP contribution < -0.4 is 25.9 Å². The first kappa shape index (κ1) is 33.7. The van der Waals surface area contributed by atoms with Crippen LogP contribution in [0, 0.1) is 11.6 Å². The van der Waals surface area contributed by atoms with Crippen molar-refractivity contribution >= 4 is 23.1 Å². The van der Waals surface area contributed by atoms with E-state index in [-0.39, 0.29) is 59.2 Å². The van der Waals surface area contributed by atoms with Gasteiger partial charge in [-0.05, 0) is 86.8 Å². The molecule has 12 nitrogen and oxygen atoms in total. The third-order valence-corrected chi connectivity index (χ3v) is 8.08. The van der Waals surface area contributed by atoms with Gasteiger partial charge in [0.2, 0.25) is 5.95 Å². The molecular formula is C30H47F2N9O3. The molecule has 2 aliphatic heterocycles. The maximum Gasteiger partial charge on any atom is 0.229 e. The predicted molar refractivity (Wildman–Crippen MR) is 165 cm³/mol. The number of ether oxygens (including phenoxy) is 1. The van der Waals surface area contributed by atoms with E-state index in [4.69, 9.17) is 4.74 Å². The largest absolute Gasteiger partial charge is 0.488 e. The summed E-state index contributed by atoms with van der Waals surface area (Å²) in [6.07, 6.45) is 4.74. The van der Waals surface area contributed by atoms with Crippen molar-refractivity contribution in [2.75, 3.05) is 37.0 Å². The second-order valence-corrected chi connectivity index (χ2v) is 14.0. The first-order chi connectivity index (χ1) is 20.4. The highest BCUT2D eigenvalue weighted by Gasteiger charge is 2.51. The van der Waals surface area contributed by atoms with Gasteiger partial charge in [0.05, 0.1) is 23.1 Å². The molecule has 2 fully saturated rings. The molecule has 2 atom stereocenters. The van der Waals surface area contributed by atoms with Gasteiger partial charge in [0.15, 0.2) is 17.5 Å². The van der Waals surface area contributed by atoms with Gasteiger partial charge in [-0.15, -0.1) is 5.11 Å². The Bertz CT molecular complexity index is 1350. The van der Waals surface area contributed by atoms with E-state index in [1.54, 1.807) is 34.7 Å². The Morgan fingerprint density at radius 1 is 1.11 bits per heavy atom. The molecule has 14 heteroatoms. The number of benzene rings is 1. The minimum Gasteiger partial charge on any atom is -0.488 e. The van der Waals surface area contributed by atoms with E-state index >= 15 is 8.78 Å². The Hall–Kier alpha value is -3.20. The monoisotopic (exact) mass is 619 g/mol. The van der Waals surface area contributed by atoms with Crippen molar-refractivity contribution in [3.63, 3.8) is 0 Å². The maximum atomic E-state index is 15.6. The van der Waals surface area contributed by atoms with Crippen LogP contribution in [0.5, 0.6) is 5.75 Å². The third kappa shape index (κ3) is 8.09. The molecule has 2 aliphatic rings. The molecular weight excluding hydrogens is 572 g/mol. The van der Waals surface area contributed by atoms with Gasteiger partial charge in [0.25, 0.3) is 0 Å².